The van der Waals surface area contributed by atoms with Crippen molar-refractivity contribution >= 4 is 11.6 Å². The molecule has 94 valence electrons. The first-order chi connectivity index (χ1) is 8.20. The standard InChI is InChI=1S/C13H18ClNO2/c1-9-5-11(14)6-10(13(9)16-2)7-12-8-15-3-4-17-12/h5-6,12,15H,3-4,7-8H2,1-2H3. The van der Waals surface area contributed by atoms with Crippen LogP contribution in [0.5, 0.6) is 5.75 Å². The molecule has 1 unspecified atom stereocenters. The van der Waals surface area contributed by atoms with Crippen molar-refractivity contribution < 1.29 is 9.47 Å². The van der Waals surface area contributed by atoms with E-state index in [0.29, 0.717) is 0 Å². The van der Waals surface area contributed by atoms with Gasteiger partial charge in [0.2, 0.25) is 0 Å². The topological polar surface area (TPSA) is 30.5 Å². The molecule has 0 aliphatic carbocycles. The monoisotopic (exact) mass is 255 g/mol. The van der Waals surface area contributed by atoms with E-state index in [2.05, 4.69) is 5.32 Å². The number of aryl methyl sites for hydroxylation is 1. The fraction of sp³-hybridized carbons (Fsp3) is 0.538. The van der Waals surface area contributed by atoms with Crippen molar-refractivity contribution in [2.75, 3.05) is 26.8 Å². The van der Waals surface area contributed by atoms with E-state index in [1.807, 2.05) is 19.1 Å². The number of morpholine rings is 1. The fourth-order valence-electron chi connectivity index (χ4n) is 2.24. The molecule has 0 radical (unpaired) electrons. The molecule has 1 aromatic rings. The first-order valence-corrected chi connectivity index (χ1v) is 6.24. The minimum Gasteiger partial charge on any atom is -0.496 e. The third kappa shape index (κ3) is 3.12. The van der Waals surface area contributed by atoms with E-state index in [9.17, 15) is 0 Å². The number of benzene rings is 1. The largest absolute Gasteiger partial charge is 0.496 e. The Morgan fingerprint density at radius 2 is 2.35 bits per heavy atom. The quantitative estimate of drug-likeness (QED) is 0.898. The number of halogens is 1. The maximum absolute atomic E-state index is 6.08. The number of rotatable bonds is 3. The molecular formula is C13H18ClNO2. The lowest BCUT2D eigenvalue weighted by Crippen LogP contribution is -2.39. The van der Waals surface area contributed by atoms with Crippen LogP contribution in [0.4, 0.5) is 0 Å². The summed E-state index contributed by atoms with van der Waals surface area (Å²) in [7, 11) is 1.69. The van der Waals surface area contributed by atoms with Crippen LogP contribution in [-0.2, 0) is 11.2 Å². The summed E-state index contributed by atoms with van der Waals surface area (Å²) >= 11 is 6.08. The van der Waals surface area contributed by atoms with Crippen LogP contribution in [-0.4, -0.2) is 32.9 Å². The minimum absolute atomic E-state index is 0.204. The summed E-state index contributed by atoms with van der Waals surface area (Å²) in [6.07, 6.45) is 1.04. The number of nitrogens with one attached hydrogen (secondary N) is 1. The molecule has 1 atom stereocenters. The SMILES string of the molecule is COc1c(C)cc(Cl)cc1CC1CNCCO1. The maximum atomic E-state index is 6.08. The van der Waals surface area contributed by atoms with Crippen molar-refractivity contribution in [3.63, 3.8) is 0 Å². The molecule has 3 nitrogen and oxygen atoms in total. The van der Waals surface area contributed by atoms with Gasteiger partial charge in [-0.3, -0.25) is 0 Å². The van der Waals surface area contributed by atoms with Crippen molar-refractivity contribution in [3.05, 3.63) is 28.3 Å². The average molecular weight is 256 g/mol. The smallest absolute Gasteiger partial charge is 0.125 e. The summed E-state index contributed by atoms with van der Waals surface area (Å²) in [5.74, 6) is 0.920. The van der Waals surface area contributed by atoms with Gasteiger partial charge in [0.25, 0.3) is 0 Å². The van der Waals surface area contributed by atoms with Crippen molar-refractivity contribution in [1.82, 2.24) is 5.32 Å². The van der Waals surface area contributed by atoms with E-state index in [-0.39, 0.29) is 6.10 Å². The van der Waals surface area contributed by atoms with Crippen molar-refractivity contribution in [1.29, 1.82) is 0 Å². The summed E-state index contributed by atoms with van der Waals surface area (Å²) in [6, 6.07) is 3.88. The van der Waals surface area contributed by atoms with Crippen LogP contribution in [0.2, 0.25) is 5.02 Å². The van der Waals surface area contributed by atoms with Gasteiger partial charge in [-0.15, -0.1) is 0 Å². The third-order valence-corrected chi connectivity index (χ3v) is 3.19. The lowest BCUT2D eigenvalue weighted by Gasteiger charge is -2.24. The minimum atomic E-state index is 0.204. The molecule has 1 heterocycles. The molecule has 1 aliphatic heterocycles. The Hall–Kier alpha value is -0.770. The Morgan fingerprint density at radius 1 is 1.53 bits per heavy atom. The van der Waals surface area contributed by atoms with Crippen LogP contribution >= 0.6 is 11.6 Å². The summed E-state index contributed by atoms with van der Waals surface area (Å²) in [4.78, 5) is 0. The predicted molar refractivity (Wildman–Crippen MR) is 69.1 cm³/mol. The van der Waals surface area contributed by atoms with Gasteiger partial charge >= 0.3 is 0 Å². The lowest BCUT2D eigenvalue weighted by atomic mass is 10.0. The molecule has 1 aliphatic rings. The molecule has 1 saturated heterocycles. The van der Waals surface area contributed by atoms with Crippen molar-refractivity contribution in [3.8, 4) is 5.75 Å². The van der Waals surface area contributed by atoms with Gasteiger partial charge in [0.15, 0.2) is 0 Å². The number of ether oxygens (including phenoxy) is 2. The highest BCUT2D eigenvalue weighted by molar-refractivity contribution is 6.30. The first kappa shape index (κ1) is 12.7. The van der Waals surface area contributed by atoms with Gasteiger partial charge in [0, 0.05) is 24.5 Å². The van der Waals surface area contributed by atoms with Crippen LogP contribution in [0.25, 0.3) is 0 Å². The van der Waals surface area contributed by atoms with Crippen LogP contribution in [0.1, 0.15) is 11.1 Å². The highest BCUT2D eigenvalue weighted by Crippen LogP contribution is 2.29. The Labute approximate surface area is 107 Å². The molecule has 0 bridgehead atoms. The zero-order valence-corrected chi connectivity index (χ0v) is 11.0. The van der Waals surface area contributed by atoms with E-state index in [1.54, 1.807) is 7.11 Å². The number of hydrogen-bond acceptors (Lipinski definition) is 3. The molecule has 0 saturated carbocycles. The van der Waals surface area contributed by atoms with Crippen LogP contribution in [0.15, 0.2) is 12.1 Å². The molecule has 2 rings (SSSR count). The second kappa shape index (κ2) is 5.71. The molecule has 0 spiro atoms. The molecule has 1 aromatic carbocycles. The van der Waals surface area contributed by atoms with Gasteiger partial charge in [-0.1, -0.05) is 11.6 Å². The normalized spacial score (nSPS) is 20.3. The summed E-state index contributed by atoms with van der Waals surface area (Å²) in [6.45, 7) is 4.59. The Kier molecular flexibility index (Phi) is 4.26. The molecule has 0 amide bonds. The van der Waals surface area contributed by atoms with Crippen LogP contribution in [0, 0.1) is 6.92 Å². The van der Waals surface area contributed by atoms with Crippen LogP contribution in [0.3, 0.4) is 0 Å². The van der Waals surface area contributed by atoms with Gasteiger partial charge in [-0.2, -0.15) is 0 Å². The molecule has 17 heavy (non-hydrogen) atoms. The molecule has 0 aromatic heterocycles. The Balaban J connectivity index is 2.18. The van der Waals surface area contributed by atoms with E-state index in [0.717, 1.165) is 48.0 Å². The van der Waals surface area contributed by atoms with Gasteiger partial charge in [0.1, 0.15) is 5.75 Å². The fourth-order valence-corrected chi connectivity index (χ4v) is 2.53. The van der Waals surface area contributed by atoms with E-state index in [1.165, 1.54) is 0 Å². The lowest BCUT2D eigenvalue weighted by molar-refractivity contribution is 0.0289. The maximum Gasteiger partial charge on any atom is 0.125 e. The predicted octanol–water partition coefficient (Wildman–Crippen LogP) is 2.19. The second-order valence-corrected chi connectivity index (χ2v) is 4.75. The number of methoxy groups -OCH3 is 1. The van der Waals surface area contributed by atoms with Gasteiger partial charge in [-0.25, -0.2) is 0 Å². The first-order valence-electron chi connectivity index (χ1n) is 5.86. The van der Waals surface area contributed by atoms with Crippen molar-refractivity contribution in [2.24, 2.45) is 0 Å². The summed E-state index contributed by atoms with van der Waals surface area (Å²) < 4.78 is 11.1. The van der Waals surface area contributed by atoms with Gasteiger partial charge in [0.05, 0.1) is 19.8 Å². The summed E-state index contributed by atoms with van der Waals surface area (Å²) in [5.41, 5.74) is 2.19. The zero-order valence-electron chi connectivity index (χ0n) is 10.3. The number of hydrogen-bond donors (Lipinski definition) is 1. The second-order valence-electron chi connectivity index (χ2n) is 4.32. The highest BCUT2D eigenvalue weighted by Gasteiger charge is 2.17. The zero-order chi connectivity index (χ0) is 12.3. The molecule has 1 fully saturated rings. The Bertz CT molecular complexity index is 389. The molecule has 1 N–H and O–H groups in total. The molecular weight excluding hydrogens is 238 g/mol. The van der Waals surface area contributed by atoms with Gasteiger partial charge in [-0.05, 0) is 30.2 Å². The Morgan fingerprint density at radius 3 is 3.00 bits per heavy atom. The van der Waals surface area contributed by atoms with E-state index in [4.69, 9.17) is 21.1 Å². The summed E-state index contributed by atoms with van der Waals surface area (Å²) in [5, 5.41) is 4.07. The van der Waals surface area contributed by atoms with E-state index < -0.39 is 0 Å². The van der Waals surface area contributed by atoms with E-state index >= 15 is 0 Å². The molecule has 4 heteroatoms. The average Bonchev–Trinajstić information content (AvgIpc) is 2.30. The van der Waals surface area contributed by atoms with Crippen molar-refractivity contribution in [2.45, 2.75) is 19.4 Å². The third-order valence-electron chi connectivity index (χ3n) is 2.97. The van der Waals surface area contributed by atoms with Gasteiger partial charge < -0.3 is 14.8 Å². The van der Waals surface area contributed by atoms with Crippen LogP contribution < -0.4 is 10.1 Å². The highest BCUT2D eigenvalue weighted by atomic mass is 35.5.